The first kappa shape index (κ1) is 52.7. The van der Waals surface area contributed by atoms with Crippen molar-refractivity contribution in [1.29, 1.82) is 0 Å². The summed E-state index contributed by atoms with van der Waals surface area (Å²) in [6, 6.07) is 24.4. The SMILES string of the molecule is CCCCCCCCCCCCCCCCCC(=O)NCCCCCC(=O)N1CC(OC(=O)CCC(=O)O)CC1C(OCc1ccc(OC)cc1)(c1ccccc1)c1ccc(OC)cc1. The van der Waals surface area contributed by atoms with Crippen LogP contribution < -0.4 is 14.8 Å². The Morgan fingerprint density at radius 2 is 1.15 bits per heavy atom. The van der Waals surface area contributed by atoms with Crippen LogP contribution in [0.25, 0.3) is 0 Å². The number of hydrogen-bond acceptors (Lipinski definition) is 8. The second kappa shape index (κ2) is 30.3. The number of rotatable bonds is 34. The summed E-state index contributed by atoms with van der Waals surface area (Å²) < 4.78 is 24.0. The zero-order chi connectivity index (χ0) is 46.5. The zero-order valence-electron chi connectivity index (χ0n) is 39.7. The molecule has 1 aliphatic rings. The average Bonchev–Trinajstić information content (AvgIpc) is 3.75. The number of nitrogens with one attached hydrogen (secondary N) is 1. The van der Waals surface area contributed by atoms with Gasteiger partial charge in [-0.2, -0.15) is 0 Å². The Hall–Kier alpha value is -4.90. The molecule has 2 amide bonds. The Labute approximate surface area is 389 Å². The monoisotopic (exact) mass is 899 g/mol. The number of benzene rings is 3. The van der Waals surface area contributed by atoms with Gasteiger partial charge in [0, 0.05) is 25.8 Å². The zero-order valence-corrected chi connectivity index (χ0v) is 39.7. The van der Waals surface area contributed by atoms with Crippen LogP contribution >= 0.6 is 0 Å². The first-order chi connectivity index (χ1) is 31.7. The van der Waals surface area contributed by atoms with Gasteiger partial charge in [-0.05, 0) is 60.2 Å². The van der Waals surface area contributed by atoms with Crippen molar-refractivity contribution < 1.29 is 43.2 Å². The Morgan fingerprint density at radius 3 is 1.72 bits per heavy atom. The smallest absolute Gasteiger partial charge is 0.306 e. The van der Waals surface area contributed by atoms with Gasteiger partial charge in [-0.3, -0.25) is 19.2 Å². The Bertz CT molecular complexity index is 1800. The summed E-state index contributed by atoms with van der Waals surface area (Å²) in [7, 11) is 3.23. The van der Waals surface area contributed by atoms with Gasteiger partial charge >= 0.3 is 11.9 Å². The summed E-state index contributed by atoms with van der Waals surface area (Å²) in [5, 5.41) is 12.3. The fourth-order valence-corrected chi connectivity index (χ4v) is 8.95. The number of hydrogen-bond donors (Lipinski definition) is 2. The summed E-state index contributed by atoms with van der Waals surface area (Å²) in [6.07, 6.45) is 21.3. The van der Waals surface area contributed by atoms with Crippen molar-refractivity contribution in [3.63, 3.8) is 0 Å². The minimum absolute atomic E-state index is 0.0880. The lowest BCUT2D eigenvalue weighted by molar-refractivity contribution is -0.152. The number of nitrogens with zero attached hydrogens (tertiary/aromatic N) is 1. The van der Waals surface area contributed by atoms with E-state index in [1.807, 2.05) is 78.9 Å². The molecule has 11 heteroatoms. The number of carboxylic acid groups (broad SMARTS) is 1. The van der Waals surface area contributed by atoms with Gasteiger partial charge in [0.2, 0.25) is 11.8 Å². The molecule has 3 atom stereocenters. The molecule has 2 N–H and O–H groups in total. The van der Waals surface area contributed by atoms with Gasteiger partial charge < -0.3 is 34.3 Å². The Kier molecular flexibility index (Phi) is 24.6. The van der Waals surface area contributed by atoms with Gasteiger partial charge in [0.25, 0.3) is 0 Å². The highest BCUT2D eigenvalue weighted by Crippen LogP contribution is 2.45. The summed E-state index contributed by atoms with van der Waals surface area (Å²) in [5.41, 5.74) is 1.29. The lowest BCUT2D eigenvalue weighted by Gasteiger charge is -2.44. The lowest BCUT2D eigenvalue weighted by Crippen LogP contribution is -2.52. The van der Waals surface area contributed by atoms with E-state index in [4.69, 9.17) is 18.9 Å². The molecule has 4 rings (SSSR count). The van der Waals surface area contributed by atoms with Crippen molar-refractivity contribution in [3.8, 4) is 11.5 Å². The van der Waals surface area contributed by atoms with Gasteiger partial charge in [-0.15, -0.1) is 0 Å². The molecular formula is C54H78N2O9. The normalized spacial score (nSPS) is 15.6. The third kappa shape index (κ3) is 18.5. The molecule has 3 unspecified atom stereocenters. The molecule has 1 saturated heterocycles. The van der Waals surface area contributed by atoms with Gasteiger partial charge in [-0.25, -0.2) is 0 Å². The third-order valence-corrected chi connectivity index (χ3v) is 12.6. The molecule has 1 aliphatic heterocycles. The van der Waals surface area contributed by atoms with E-state index in [0.29, 0.717) is 25.1 Å². The van der Waals surface area contributed by atoms with Crippen molar-refractivity contribution in [3.05, 3.63) is 95.6 Å². The standard InChI is InChI=1S/C54H78N2O9/c1-4-5-6-7-8-9-10-11-12-13-14-15-16-17-22-27-50(57)55-39-24-19-23-28-51(58)56-41-48(65-53(61)38-37-52(59)60)40-49(56)54(44-25-20-18-21-26-44,45-31-35-47(63-3)36-32-45)64-42-43-29-33-46(62-2)34-30-43/h18,20-21,25-26,29-36,48-49H,4-17,19,22-24,27-28,37-42H2,1-3H3,(H,55,57)(H,59,60). The van der Waals surface area contributed by atoms with Crippen LogP contribution in [0.4, 0.5) is 0 Å². The highest BCUT2D eigenvalue weighted by atomic mass is 16.5. The number of ether oxygens (including phenoxy) is 4. The molecule has 0 saturated carbocycles. The number of carbonyl (C=O) groups is 4. The first-order valence-electron chi connectivity index (χ1n) is 24.6. The number of carbonyl (C=O) groups excluding carboxylic acids is 3. The summed E-state index contributed by atoms with van der Waals surface area (Å²) in [6.45, 7) is 3.16. The first-order valence-corrected chi connectivity index (χ1v) is 24.6. The second-order valence-corrected chi connectivity index (χ2v) is 17.6. The van der Waals surface area contributed by atoms with Gasteiger partial charge in [0.1, 0.15) is 23.2 Å². The minimum atomic E-state index is -1.22. The molecule has 0 spiro atoms. The van der Waals surface area contributed by atoms with Crippen LogP contribution in [0.15, 0.2) is 78.9 Å². The van der Waals surface area contributed by atoms with E-state index >= 15 is 0 Å². The Morgan fingerprint density at radius 1 is 0.631 bits per heavy atom. The topological polar surface area (TPSA) is 141 Å². The third-order valence-electron chi connectivity index (χ3n) is 12.6. The van der Waals surface area contributed by atoms with Gasteiger partial charge in [-0.1, -0.05) is 158 Å². The molecular weight excluding hydrogens is 821 g/mol. The summed E-state index contributed by atoms with van der Waals surface area (Å²) >= 11 is 0. The number of aliphatic carboxylic acids is 1. The van der Waals surface area contributed by atoms with Crippen LogP contribution in [0.3, 0.4) is 0 Å². The summed E-state index contributed by atoms with van der Waals surface area (Å²) in [4.78, 5) is 53.1. The quantitative estimate of drug-likeness (QED) is 0.0443. The second-order valence-electron chi connectivity index (χ2n) is 17.6. The van der Waals surface area contributed by atoms with E-state index in [9.17, 15) is 24.3 Å². The van der Waals surface area contributed by atoms with Crippen molar-refractivity contribution in [2.45, 2.75) is 179 Å². The highest BCUT2D eigenvalue weighted by Gasteiger charge is 2.52. The predicted octanol–water partition coefficient (Wildman–Crippen LogP) is 11.5. The molecule has 0 bridgehead atoms. The number of carboxylic acids is 1. The maximum absolute atomic E-state index is 14.5. The van der Waals surface area contributed by atoms with Gasteiger partial charge in [0.15, 0.2) is 0 Å². The van der Waals surface area contributed by atoms with Crippen LogP contribution in [-0.4, -0.2) is 73.2 Å². The fourth-order valence-electron chi connectivity index (χ4n) is 8.95. The summed E-state index contributed by atoms with van der Waals surface area (Å²) in [5.74, 6) is -0.339. The van der Waals surface area contributed by atoms with Gasteiger partial charge in [0.05, 0.1) is 46.3 Å². The lowest BCUT2D eigenvalue weighted by atomic mass is 9.78. The van der Waals surface area contributed by atoms with E-state index in [2.05, 4.69) is 12.2 Å². The number of likely N-dealkylation sites (tertiary alicyclic amines) is 1. The van der Waals surface area contributed by atoms with E-state index in [-0.39, 0.29) is 50.6 Å². The Balaban J connectivity index is 1.33. The number of amides is 2. The van der Waals surface area contributed by atoms with E-state index < -0.39 is 29.7 Å². The molecule has 11 nitrogen and oxygen atoms in total. The van der Waals surface area contributed by atoms with Crippen LogP contribution in [0, 0.1) is 0 Å². The maximum atomic E-state index is 14.5. The fraction of sp³-hybridized carbons (Fsp3) is 0.593. The maximum Gasteiger partial charge on any atom is 0.306 e. The largest absolute Gasteiger partial charge is 0.497 e. The minimum Gasteiger partial charge on any atom is -0.497 e. The van der Waals surface area contributed by atoms with Crippen molar-refractivity contribution in [1.82, 2.24) is 10.2 Å². The van der Waals surface area contributed by atoms with Crippen molar-refractivity contribution in [2.24, 2.45) is 0 Å². The molecule has 0 aromatic heterocycles. The molecule has 65 heavy (non-hydrogen) atoms. The van der Waals surface area contributed by atoms with Crippen LogP contribution in [-0.2, 0) is 40.9 Å². The van der Waals surface area contributed by atoms with Crippen LogP contribution in [0.2, 0.25) is 0 Å². The van der Waals surface area contributed by atoms with Crippen molar-refractivity contribution in [2.75, 3.05) is 27.3 Å². The van der Waals surface area contributed by atoms with Crippen LogP contribution in [0.1, 0.15) is 171 Å². The molecule has 0 aliphatic carbocycles. The number of unbranched alkanes of at least 4 members (excludes halogenated alkanes) is 16. The van der Waals surface area contributed by atoms with Crippen LogP contribution in [0.5, 0.6) is 11.5 Å². The van der Waals surface area contributed by atoms with E-state index in [1.165, 1.54) is 83.5 Å². The number of esters is 1. The van der Waals surface area contributed by atoms with Crippen molar-refractivity contribution >= 4 is 23.8 Å². The molecule has 1 heterocycles. The highest BCUT2D eigenvalue weighted by molar-refractivity contribution is 5.78. The molecule has 1 fully saturated rings. The van der Waals surface area contributed by atoms with E-state index in [0.717, 1.165) is 48.1 Å². The molecule has 3 aromatic carbocycles. The predicted molar refractivity (Wildman–Crippen MR) is 256 cm³/mol. The average molecular weight is 899 g/mol. The number of methoxy groups -OCH3 is 2. The van der Waals surface area contributed by atoms with E-state index in [1.54, 1.807) is 19.1 Å². The molecule has 358 valence electrons. The molecule has 3 aromatic rings. The molecule has 0 radical (unpaired) electrons.